The van der Waals surface area contributed by atoms with Crippen molar-refractivity contribution in [2.24, 2.45) is 0 Å². The highest BCUT2D eigenvalue weighted by Gasteiger charge is 2.41. The second-order valence-electron chi connectivity index (χ2n) is 5.69. The van der Waals surface area contributed by atoms with Gasteiger partial charge in [-0.3, -0.25) is 0 Å². The van der Waals surface area contributed by atoms with Crippen molar-refractivity contribution < 1.29 is 9.05 Å². The van der Waals surface area contributed by atoms with E-state index >= 15 is 0 Å². The summed E-state index contributed by atoms with van der Waals surface area (Å²) in [6.45, 7) is 8.37. The van der Waals surface area contributed by atoms with Gasteiger partial charge in [0.1, 0.15) is 6.10 Å². The van der Waals surface area contributed by atoms with Crippen molar-refractivity contribution in [3.05, 3.63) is 35.9 Å². The highest BCUT2D eigenvalue weighted by Crippen LogP contribution is 2.57. The van der Waals surface area contributed by atoms with Gasteiger partial charge in [0.05, 0.1) is 5.60 Å². The standard InChI is InChI=1S/C14H22NO2P/c1-11-13(12-9-7-6-8-10-12)16-18(15(11)5)17-14(2,3)4/h6-11,13H,1-5H3/t11-,13+,18?/m0/s1. The summed E-state index contributed by atoms with van der Waals surface area (Å²) in [4.78, 5) is 0. The van der Waals surface area contributed by atoms with Gasteiger partial charge in [-0.2, -0.15) is 0 Å². The van der Waals surface area contributed by atoms with Crippen LogP contribution in [0.2, 0.25) is 0 Å². The number of hydrogen-bond donors (Lipinski definition) is 0. The Kier molecular flexibility index (Phi) is 4.08. The van der Waals surface area contributed by atoms with Crippen molar-refractivity contribution in [3.8, 4) is 0 Å². The highest BCUT2D eigenvalue weighted by molar-refractivity contribution is 7.44. The molecule has 1 aromatic carbocycles. The molecule has 0 spiro atoms. The predicted octanol–water partition coefficient (Wildman–Crippen LogP) is 4.12. The van der Waals surface area contributed by atoms with Crippen molar-refractivity contribution in [2.75, 3.05) is 7.05 Å². The minimum Gasteiger partial charge on any atom is -0.316 e. The quantitative estimate of drug-likeness (QED) is 0.752. The Morgan fingerprint density at radius 1 is 1.22 bits per heavy atom. The van der Waals surface area contributed by atoms with E-state index in [2.05, 4.69) is 63.7 Å². The maximum Gasteiger partial charge on any atom is 0.260 e. The van der Waals surface area contributed by atoms with Gasteiger partial charge >= 0.3 is 0 Å². The lowest BCUT2D eigenvalue weighted by molar-refractivity contribution is 0.110. The van der Waals surface area contributed by atoms with E-state index in [1.165, 1.54) is 5.56 Å². The summed E-state index contributed by atoms with van der Waals surface area (Å²) in [7, 11) is 1.11. The summed E-state index contributed by atoms with van der Waals surface area (Å²) in [6, 6.07) is 10.7. The minimum absolute atomic E-state index is 0.102. The topological polar surface area (TPSA) is 21.7 Å². The molecule has 1 heterocycles. The summed E-state index contributed by atoms with van der Waals surface area (Å²) < 4.78 is 14.3. The number of hydrogen-bond acceptors (Lipinski definition) is 3. The normalized spacial score (nSPS) is 29.7. The van der Waals surface area contributed by atoms with Crippen LogP contribution in [0.25, 0.3) is 0 Å². The Morgan fingerprint density at radius 2 is 1.83 bits per heavy atom. The van der Waals surface area contributed by atoms with Crippen LogP contribution in [-0.4, -0.2) is 23.4 Å². The zero-order valence-electron chi connectivity index (χ0n) is 11.8. The van der Waals surface area contributed by atoms with E-state index in [-0.39, 0.29) is 11.7 Å². The van der Waals surface area contributed by atoms with Crippen LogP contribution < -0.4 is 0 Å². The van der Waals surface area contributed by atoms with Crippen LogP contribution in [0.15, 0.2) is 30.3 Å². The van der Waals surface area contributed by atoms with E-state index in [0.717, 1.165) is 0 Å². The largest absolute Gasteiger partial charge is 0.316 e. The molecule has 1 unspecified atom stereocenters. The maximum atomic E-state index is 6.12. The molecule has 0 aliphatic carbocycles. The third-order valence-corrected chi connectivity index (χ3v) is 4.96. The van der Waals surface area contributed by atoms with Crippen molar-refractivity contribution >= 4 is 8.53 Å². The summed E-state index contributed by atoms with van der Waals surface area (Å²) in [5.74, 6) is 0. The molecule has 1 aliphatic heterocycles. The SMILES string of the molecule is C[C@H]1[C@H](c2ccccc2)OP(OC(C)(C)C)N1C. The van der Waals surface area contributed by atoms with Crippen LogP contribution >= 0.6 is 8.53 Å². The average Bonchev–Trinajstić information content (AvgIpc) is 2.57. The highest BCUT2D eigenvalue weighted by atomic mass is 31.2. The van der Waals surface area contributed by atoms with Crippen LogP contribution in [-0.2, 0) is 9.05 Å². The van der Waals surface area contributed by atoms with Gasteiger partial charge in [-0.15, -0.1) is 0 Å². The molecule has 4 heteroatoms. The van der Waals surface area contributed by atoms with Crippen LogP contribution in [0.1, 0.15) is 39.4 Å². The van der Waals surface area contributed by atoms with Gasteiger partial charge in [-0.25, -0.2) is 4.67 Å². The van der Waals surface area contributed by atoms with Crippen molar-refractivity contribution in [3.63, 3.8) is 0 Å². The summed E-state index contributed by atoms with van der Waals surface area (Å²) >= 11 is 0. The molecular weight excluding hydrogens is 245 g/mol. The zero-order chi connectivity index (χ0) is 13.3. The first-order valence-electron chi connectivity index (χ1n) is 6.32. The first kappa shape index (κ1) is 14.0. The van der Waals surface area contributed by atoms with Gasteiger partial charge in [0.15, 0.2) is 0 Å². The predicted molar refractivity (Wildman–Crippen MR) is 75.3 cm³/mol. The molecule has 100 valence electrons. The molecule has 0 radical (unpaired) electrons. The molecule has 0 N–H and O–H groups in total. The summed E-state index contributed by atoms with van der Waals surface area (Å²) in [5, 5.41) is 0. The summed E-state index contributed by atoms with van der Waals surface area (Å²) in [6.07, 6.45) is 0.102. The number of benzene rings is 1. The van der Waals surface area contributed by atoms with Crippen LogP contribution in [0, 0.1) is 0 Å². The number of likely N-dealkylation sites (N-methyl/N-ethyl adjacent to an activating group) is 1. The Balaban J connectivity index is 2.12. The second kappa shape index (κ2) is 5.26. The smallest absolute Gasteiger partial charge is 0.260 e. The fourth-order valence-corrected chi connectivity index (χ4v) is 3.61. The first-order chi connectivity index (χ1) is 8.38. The molecule has 0 bridgehead atoms. The van der Waals surface area contributed by atoms with Gasteiger partial charge in [0.2, 0.25) is 0 Å². The van der Waals surface area contributed by atoms with E-state index < -0.39 is 8.53 Å². The van der Waals surface area contributed by atoms with Gasteiger partial charge in [0.25, 0.3) is 8.53 Å². The molecular formula is C14H22NO2P. The number of nitrogens with zero attached hydrogens (tertiary/aromatic N) is 1. The van der Waals surface area contributed by atoms with Gasteiger partial charge in [0, 0.05) is 6.04 Å². The molecule has 1 aromatic rings. The molecule has 18 heavy (non-hydrogen) atoms. The zero-order valence-corrected chi connectivity index (χ0v) is 12.6. The van der Waals surface area contributed by atoms with Gasteiger partial charge in [-0.1, -0.05) is 30.3 Å². The lowest BCUT2D eigenvalue weighted by Gasteiger charge is -2.26. The first-order valence-corrected chi connectivity index (χ1v) is 7.45. The molecule has 2 rings (SSSR count). The van der Waals surface area contributed by atoms with Gasteiger partial charge < -0.3 is 9.05 Å². The molecule has 3 nitrogen and oxygen atoms in total. The van der Waals surface area contributed by atoms with E-state index in [4.69, 9.17) is 9.05 Å². The van der Waals surface area contributed by atoms with Gasteiger partial charge in [-0.05, 0) is 40.3 Å². The molecule has 0 amide bonds. The Hall–Kier alpha value is -0.470. The maximum absolute atomic E-state index is 6.12. The molecule has 3 atom stereocenters. The van der Waals surface area contributed by atoms with Crippen LogP contribution in [0.4, 0.5) is 0 Å². The van der Waals surface area contributed by atoms with E-state index in [1.807, 2.05) is 6.07 Å². The van der Waals surface area contributed by atoms with Crippen LogP contribution in [0.5, 0.6) is 0 Å². The lowest BCUT2D eigenvalue weighted by atomic mass is 10.0. The molecule has 0 saturated carbocycles. The molecule has 1 saturated heterocycles. The third-order valence-electron chi connectivity index (χ3n) is 2.97. The Labute approximate surface area is 111 Å². The van der Waals surface area contributed by atoms with Crippen molar-refractivity contribution in [2.45, 2.75) is 45.4 Å². The van der Waals surface area contributed by atoms with E-state index in [1.54, 1.807) is 0 Å². The van der Waals surface area contributed by atoms with E-state index in [9.17, 15) is 0 Å². The lowest BCUT2D eigenvalue weighted by Crippen LogP contribution is -2.25. The Morgan fingerprint density at radius 3 is 2.39 bits per heavy atom. The fraction of sp³-hybridized carbons (Fsp3) is 0.571. The third kappa shape index (κ3) is 3.10. The van der Waals surface area contributed by atoms with E-state index in [0.29, 0.717) is 6.04 Å². The molecule has 1 aliphatic rings. The second-order valence-corrected chi connectivity index (χ2v) is 7.19. The monoisotopic (exact) mass is 267 g/mol. The van der Waals surface area contributed by atoms with Crippen molar-refractivity contribution in [1.82, 2.24) is 4.67 Å². The average molecular weight is 267 g/mol. The molecule has 0 aromatic heterocycles. The fourth-order valence-electron chi connectivity index (χ4n) is 1.91. The summed E-state index contributed by atoms with van der Waals surface area (Å²) in [5.41, 5.74) is 1.05. The number of rotatable bonds is 2. The minimum atomic E-state index is -0.963. The van der Waals surface area contributed by atoms with Crippen molar-refractivity contribution in [1.29, 1.82) is 0 Å². The Bertz CT molecular complexity index is 391. The van der Waals surface area contributed by atoms with Crippen LogP contribution in [0.3, 0.4) is 0 Å². The molecule has 1 fully saturated rings.